The van der Waals surface area contributed by atoms with Crippen molar-refractivity contribution in [3.05, 3.63) is 18.2 Å². The Morgan fingerprint density at radius 2 is 0.559 bits per heavy atom. The second-order valence-electron chi connectivity index (χ2n) is 40.1. The third kappa shape index (κ3) is 89.1. The van der Waals surface area contributed by atoms with E-state index in [2.05, 4.69) is 120 Å². The number of aromatic amines is 1. The smallest absolute Gasteiger partial charge is 0.407 e. The minimum absolute atomic E-state index is 0.0492. The number of hydrogen-bond acceptors (Lipinski definition) is 29. The molecule has 0 saturated heterocycles. The van der Waals surface area contributed by atoms with Crippen molar-refractivity contribution in [2.45, 2.75) is 339 Å². The number of nitrogens with zero attached hydrogens (tertiary/aromatic N) is 4. The fourth-order valence-electron chi connectivity index (χ4n) is 13.1. The van der Waals surface area contributed by atoms with Crippen molar-refractivity contribution in [3.63, 3.8) is 0 Å². The number of carbonyl (C=O) groups excluding carboxylic acids is 13. The van der Waals surface area contributed by atoms with Crippen molar-refractivity contribution in [1.82, 2.24) is 104 Å². The summed E-state index contributed by atoms with van der Waals surface area (Å²) in [4.78, 5) is 177. The first-order valence-electron chi connectivity index (χ1n) is 52.3. The van der Waals surface area contributed by atoms with E-state index >= 15 is 0 Å². The van der Waals surface area contributed by atoms with Crippen molar-refractivity contribution < 1.29 is 110 Å². The molecule has 0 fully saturated rings. The van der Waals surface area contributed by atoms with Crippen LogP contribution in [0, 0.1) is 0 Å². The van der Waals surface area contributed by atoms with Crippen LogP contribution in [-0.2, 0) is 92.1 Å². The summed E-state index contributed by atoms with van der Waals surface area (Å²) < 4.78 is 56.1. The molecule has 0 aliphatic carbocycles. The maximum Gasteiger partial charge on any atom is 0.407 e. The van der Waals surface area contributed by atoms with Gasteiger partial charge in [-0.05, 0) is 149 Å². The van der Waals surface area contributed by atoms with Gasteiger partial charge in [0.2, 0.25) is 47.3 Å². The molecule has 1 aromatic rings. The molecule has 0 aliphatic rings. The number of nitrogens with one attached hydrogen (secondary N) is 16. The van der Waals surface area contributed by atoms with Gasteiger partial charge in [-0.25, -0.2) is 29.0 Å². The Kier molecular flexibility index (Phi) is 76.8. The van der Waals surface area contributed by atoms with Gasteiger partial charge in [-0.15, -0.1) is 0 Å². The summed E-state index contributed by atoms with van der Waals surface area (Å²) in [5.74, 6) is -1.59. The SMILES string of the molecule is CCCCCCCCCCCCN(CCC(=O)NCC(CNC(=O)CC)OCCNC(=O)OC(C)(C)C)CCC(=O)NCC(CNC(=O)CCNCCCC)OCCNC(=O)OC(C)(C)C.CCCCNCCC(=O)NCC(CNC(=O)CCN(CCOCCNC(=O)OC(C)(C)C)CCC(=O)NCC(CNC(=O)CCN(CC)CCc1cnc[nH]1)OCCNC(=O)OC(C)(C)C)OCCNC(=O)OC(C)(C)C. The van der Waals surface area contributed by atoms with Crippen LogP contribution in [0.15, 0.2) is 12.5 Å². The van der Waals surface area contributed by atoms with Crippen LogP contribution in [0.5, 0.6) is 0 Å². The van der Waals surface area contributed by atoms with Crippen LogP contribution >= 0.6 is 0 Å². The van der Waals surface area contributed by atoms with E-state index in [9.17, 15) is 62.3 Å². The Hall–Kier alpha value is -9.08. The molecule has 143 heavy (non-hydrogen) atoms. The van der Waals surface area contributed by atoms with Gasteiger partial charge in [-0.1, -0.05) is 105 Å². The molecule has 16 N–H and O–H groups in total. The summed E-state index contributed by atoms with van der Waals surface area (Å²) in [7, 11) is 0. The van der Waals surface area contributed by atoms with Gasteiger partial charge in [0, 0.05) is 214 Å². The summed E-state index contributed by atoms with van der Waals surface area (Å²) in [6, 6.07) is 0. The molecule has 0 radical (unpaired) electrons. The van der Waals surface area contributed by atoms with Gasteiger partial charge in [-0.3, -0.25) is 38.4 Å². The predicted molar refractivity (Wildman–Crippen MR) is 552 cm³/mol. The van der Waals surface area contributed by atoms with Crippen LogP contribution in [0.2, 0.25) is 0 Å². The Morgan fingerprint density at radius 1 is 0.287 bits per heavy atom. The molecule has 4 atom stereocenters. The first kappa shape index (κ1) is 134. The molecular weight excluding hydrogens is 1850 g/mol. The van der Waals surface area contributed by atoms with Crippen molar-refractivity contribution in [2.75, 3.05) is 210 Å². The molecule has 0 aromatic carbocycles. The molecule has 43 heteroatoms. The maximum absolute atomic E-state index is 13.4. The standard InChI is InChI=1S/C52H98N12O13.C48H94N8O10/c1-12-14-20-53-21-15-43(65)58-35-41(73-31-23-56-48(70)76-51(6,7)8)36-60-45(67)18-27-64(29-33-72-30-22-55-47(69)75-50(3,4)5)28-19-46(68)61-38-42(74-32-24-57-49(71)77-52(9,10)11)37-59-44(66)17-26-63(13-2)25-16-40-34-54-39-62-40;1-10-13-15-16-17-18-19-20-21-22-30-56(31-24-43(59)54-37-39(35-52-41(57)12-3)63-33-28-50-45(61)65-47(4,5)6)32-25-44(60)55-38-40(36-53-42(58)23-27-49-26-14-11-2)64-34-29-51-46(62)66-48(7,8)9/h34,39,41-42,53H,12-33,35-38H2,1-11H3,(H,54,62)(H,55,69)(H,56,70)(H,57,71)(H,58,65)(H,59,66)(H,60,67)(H,61,68);39-40,49H,10-38H2,1-9H3,(H,50,61)(H,51,62)(H,52,57)(H,53,58)(H,54,59)(H,55,60). The summed E-state index contributed by atoms with van der Waals surface area (Å²) in [5, 5.41) is 43.0. The number of unbranched alkanes of at least 4 members (excludes halogenated alkanes) is 11. The van der Waals surface area contributed by atoms with Crippen molar-refractivity contribution >= 4 is 77.7 Å². The van der Waals surface area contributed by atoms with Gasteiger partial charge in [-0.2, -0.15) is 0 Å². The number of hydrogen-bond donors (Lipinski definition) is 16. The van der Waals surface area contributed by atoms with E-state index in [1.54, 1.807) is 123 Å². The van der Waals surface area contributed by atoms with Crippen LogP contribution in [-0.4, -0.2) is 365 Å². The number of rotatable bonds is 81. The molecule has 43 nitrogen and oxygen atoms in total. The highest BCUT2D eigenvalue weighted by Crippen LogP contribution is 2.15. The van der Waals surface area contributed by atoms with E-state index in [1.807, 2.05) is 11.8 Å². The first-order chi connectivity index (χ1) is 67.7. The first-order valence-corrected chi connectivity index (χ1v) is 52.3. The van der Waals surface area contributed by atoms with E-state index in [4.69, 9.17) is 47.4 Å². The highest BCUT2D eigenvalue weighted by atomic mass is 16.6. The van der Waals surface area contributed by atoms with E-state index in [0.29, 0.717) is 52.1 Å². The quantitative estimate of drug-likeness (QED) is 0.0218. The predicted octanol–water partition coefficient (Wildman–Crippen LogP) is 7.82. The zero-order valence-corrected chi connectivity index (χ0v) is 91.0. The van der Waals surface area contributed by atoms with Gasteiger partial charge in [0.1, 0.15) is 28.0 Å². The summed E-state index contributed by atoms with van der Waals surface area (Å²) in [5.41, 5.74) is -2.25. The zero-order valence-electron chi connectivity index (χ0n) is 91.0. The summed E-state index contributed by atoms with van der Waals surface area (Å²) in [6.45, 7) is 46.9. The number of ether oxygens (including phenoxy) is 10. The van der Waals surface area contributed by atoms with E-state index in [1.165, 1.54) is 44.9 Å². The van der Waals surface area contributed by atoms with E-state index < -0.39 is 82.9 Å². The monoisotopic (exact) mass is 2040 g/mol. The molecule has 1 rings (SSSR count). The topological polar surface area (TPSA) is 533 Å². The van der Waals surface area contributed by atoms with Gasteiger partial charge < -0.3 is 147 Å². The average Bonchev–Trinajstić information content (AvgIpc) is 1.58. The molecule has 0 aliphatic heterocycles. The van der Waals surface area contributed by atoms with Crippen LogP contribution in [0.25, 0.3) is 0 Å². The van der Waals surface area contributed by atoms with Crippen molar-refractivity contribution in [2.24, 2.45) is 0 Å². The Balaban J connectivity index is 0.00000286. The molecule has 830 valence electrons. The number of carbonyl (C=O) groups is 13. The third-order valence-corrected chi connectivity index (χ3v) is 20.8. The Labute approximate surface area is 854 Å². The van der Waals surface area contributed by atoms with Gasteiger partial charge >= 0.3 is 30.5 Å². The highest BCUT2D eigenvalue weighted by molar-refractivity contribution is 5.79. The lowest BCUT2D eigenvalue weighted by Gasteiger charge is -2.24. The minimum Gasteiger partial charge on any atom is -0.444 e. The number of imidazole rings is 1. The van der Waals surface area contributed by atoms with Gasteiger partial charge in [0.05, 0.1) is 70.4 Å². The lowest BCUT2D eigenvalue weighted by Crippen LogP contribution is -2.44. The Bertz CT molecular complexity index is 3560. The van der Waals surface area contributed by atoms with Crippen molar-refractivity contribution in [3.8, 4) is 0 Å². The largest absolute Gasteiger partial charge is 0.444 e. The average molecular weight is 2040 g/mol. The third-order valence-electron chi connectivity index (χ3n) is 20.8. The second kappa shape index (κ2) is 82.0. The lowest BCUT2D eigenvalue weighted by molar-refractivity contribution is -0.124. The van der Waals surface area contributed by atoms with Crippen LogP contribution in [0.1, 0.15) is 285 Å². The number of aromatic nitrogens is 2. The van der Waals surface area contributed by atoms with Gasteiger partial charge in [0.25, 0.3) is 0 Å². The molecule has 1 aromatic heterocycles. The molecular formula is C100H192N20O23. The normalized spacial score (nSPS) is 12.6. The van der Waals surface area contributed by atoms with E-state index in [-0.39, 0.29) is 224 Å². The molecule has 0 spiro atoms. The number of H-pyrrole nitrogens is 1. The minimum atomic E-state index is -0.680. The number of likely N-dealkylation sites (N-methyl/N-ethyl adjacent to an activating group) is 1. The fraction of sp³-hybridized carbons (Fsp3) is 0.840. The summed E-state index contributed by atoms with van der Waals surface area (Å²) >= 11 is 0. The molecule has 0 bridgehead atoms. The number of alkyl carbamates (subject to hydrolysis) is 5. The molecule has 0 saturated carbocycles. The second-order valence-corrected chi connectivity index (χ2v) is 40.1. The van der Waals surface area contributed by atoms with Gasteiger partial charge in [0.15, 0.2) is 0 Å². The lowest BCUT2D eigenvalue weighted by atomic mass is 10.1. The Morgan fingerprint density at radius 3 is 0.839 bits per heavy atom. The highest BCUT2D eigenvalue weighted by Gasteiger charge is 2.26. The maximum atomic E-state index is 13.4. The molecule has 1 heterocycles. The van der Waals surface area contributed by atoms with Crippen molar-refractivity contribution in [1.29, 1.82) is 0 Å². The van der Waals surface area contributed by atoms with Crippen LogP contribution < -0.4 is 79.8 Å². The van der Waals surface area contributed by atoms with Crippen LogP contribution in [0.3, 0.4) is 0 Å². The fourth-order valence-corrected chi connectivity index (χ4v) is 13.1. The van der Waals surface area contributed by atoms with Crippen LogP contribution in [0.4, 0.5) is 24.0 Å². The molecule has 4 unspecified atom stereocenters. The molecule has 13 amide bonds. The zero-order chi connectivity index (χ0) is 107. The number of amides is 13. The van der Waals surface area contributed by atoms with E-state index in [0.717, 1.165) is 89.8 Å². The summed E-state index contributed by atoms with van der Waals surface area (Å²) in [6.07, 6.45) is 16.9.